The predicted molar refractivity (Wildman–Crippen MR) is 66.0 cm³/mol. The third-order valence-electron chi connectivity index (χ3n) is 2.34. The van der Waals surface area contributed by atoms with Crippen molar-refractivity contribution in [2.24, 2.45) is 0 Å². The van der Waals surface area contributed by atoms with E-state index >= 15 is 0 Å². The number of rotatable bonds is 8. The first-order valence-corrected chi connectivity index (χ1v) is 5.66. The summed E-state index contributed by atoms with van der Waals surface area (Å²) >= 11 is 0. The Morgan fingerprint density at radius 1 is 1.12 bits per heavy atom. The summed E-state index contributed by atoms with van der Waals surface area (Å²) < 4.78 is 5.54. The lowest BCUT2D eigenvalue weighted by molar-refractivity contribution is 0.112. The Morgan fingerprint density at radius 2 is 1.88 bits per heavy atom. The van der Waals surface area contributed by atoms with Crippen LogP contribution in [-0.2, 0) is 0 Å². The lowest BCUT2D eigenvalue weighted by Crippen LogP contribution is -1.97. The molecule has 86 valence electrons. The minimum absolute atomic E-state index is 0.679. The first-order valence-electron chi connectivity index (χ1n) is 5.66. The number of ether oxygens (including phenoxy) is 1. The highest BCUT2D eigenvalue weighted by atomic mass is 16.5. The van der Waals surface area contributed by atoms with E-state index in [1.165, 1.54) is 12.8 Å². The average Bonchev–Trinajstić information content (AvgIpc) is 2.34. The fourth-order valence-corrected chi connectivity index (χ4v) is 1.40. The Kier molecular flexibility index (Phi) is 6.00. The number of hydrogen-bond donors (Lipinski definition) is 0. The molecule has 0 fully saturated rings. The van der Waals surface area contributed by atoms with Gasteiger partial charge in [-0.05, 0) is 49.9 Å². The molecule has 0 aliphatic heterocycles. The smallest absolute Gasteiger partial charge is 0.150 e. The van der Waals surface area contributed by atoms with Gasteiger partial charge in [-0.25, -0.2) is 0 Å². The van der Waals surface area contributed by atoms with E-state index in [0.29, 0.717) is 5.56 Å². The fourth-order valence-electron chi connectivity index (χ4n) is 1.40. The van der Waals surface area contributed by atoms with Crippen molar-refractivity contribution in [3.63, 3.8) is 0 Å². The van der Waals surface area contributed by atoms with Crippen molar-refractivity contribution in [1.29, 1.82) is 0 Å². The second-order valence-corrected chi connectivity index (χ2v) is 3.67. The Labute approximate surface area is 96.9 Å². The number of unbranched alkanes of at least 4 members (excludes halogenated alkanes) is 3. The van der Waals surface area contributed by atoms with Crippen LogP contribution < -0.4 is 4.74 Å². The van der Waals surface area contributed by atoms with Crippen molar-refractivity contribution in [1.82, 2.24) is 0 Å². The number of carbonyl (C=O) groups excluding carboxylic acids is 1. The van der Waals surface area contributed by atoms with Crippen LogP contribution in [0.15, 0.2) is 36.9 Å². The van der Waals surface area contributed by atoms with Gasteiger partial charge in [0.25, 0.3) is 0 Å². The molecule has 2 heteroatoms. The first kappa shape index (κ1) is 12.5. The van der Waals surface area contributed by atoms with E-state index in [-0.39, 0.29) is 0 Å². The molecule has 0 N–H and O–H groups in total. The molecule has 0 spiro atoms. The molecule has 0 atom stereocenters. The summed E-state index contributed by atoms with van der Waals surface area (Å²) in [7, 11) is 0. The van der Waals surface area contributed by atoms with Gasteiger partial charge in [0, 0.05) is 5.56 Å². The molecule has 1 rings (SSSR count). The third kappa shape index (κ3) is 4.78. The number of hydrogen-bond acceptors (Lipinski definition) is 2. The topological polar surface area (TPSA) is 26.3 Å². The normalized spacial score (nSPS) is 9.75. The van der Waals surface area contributed by atoms with Crippen molar-refractivity contribution in [2.75, 3.05) is 6.61 Å². The van der Waals surface area contributed by atoms with Crippen molar-refractivity contribution in [3.05, 3.63) is 42.5 Å². The molecule has 0 bridgehead atoms. The van der Waals surface area contributed by atoms with Gasteiger partial charge >= 0.3 is 0 Å². The van der Waals surface area contributed by atoms with E-state index < -0.39 is 0 Å². The second-order valence-electron chi connectivity index (χ2n) is 3.67. The highest BCUT2D eigenvalue weighted by molar-refractivity contribution is 5.74. The van der Waals surface area contributed by atoms with Crippen LogP contribution in [0.3, 0.4) is 0 Å². The maximum Gasteiger partial charge on any atom is 0.150 e. The Morgan fingerprint density at radius 3 is 2.50 bits per heavy atom. The van der Waals surface area contributed by atoms with Crippen molar-refractivity contribution in [3.8, 4) is 5.75 Å². The average molecular weight is 218 g/mol. The molecular weight excluding hydrogens is 200 g/mol. The molecule has 0 saturated heterocycles. The number of carbonyl (C=O) groups is 1. The monoisotopic (exact) mass is 218 g/mol. The molecular formula is C14H18O2. The molecule has 0 radical (unpaired) electrons. The molecule has 0 heterocycles. The Bertz CT molecular complexity index is 314. The molecule has 2 nitrogen and oxygen atoms in total. The maximum absolute atomic E-state index is 10.4. The van der Waals surface area contributed by atoms with E-state index in [9.17, 15) is 4.79 Å². The third-order valence-corrected chi connectivity index (χ3v) is 2.34. The number of allylic oxidation sites excluding steroid dienone is 1. The van der Waals surface area contributed by atoms with Gasteiger partial charge in [-0.3, -0.25) is 4.79 Å². The molecule has 0 unspecified atom stereocenters. The first-order chi connectivity index (χ1) is 7.86. The second kappa shape index (κ2) is 7.69. The summed E-state index contributed by atoms with van der Waals surface area (Å²) in [6, 6.07) is 7.18. The summed E-state index contributed by atoms with van der Waals surface area (Å²) in [6.07, 6.45) is 7.25. The quantitative estimate of drug-likeness (QED) is 0.378. The Balaban J connectivity index is 2.16. The van der Waals surface area contributed by atoms with E-state index in [2.05, 4.69) is 6.58 Å². The van der Waals surface area contributed by atoms with Crippen LogP contribution in [0.5, 0.6) is 5.75 Å². The van der Waals surface area contributed by atoms with E-state index in [1.807, 2.05) is 18.2 Å². The minimum Gasteiger partial charge on any atom is -0.494 e. The fraction of sp³-hybridized carbons (Fsp3) is 0.357. The van der Waals surface area contributed by atoms with Gasteiger partial charge in [-0.15, -0.1) is 6.58 Å². The van der Waals surface area contributed by atoms with Crippen LogP contribution in [0, 0.1) is 0 Å². The summed E-state index contributed by atoms with van der Waals surface area (Å²) in [5.74, 6) is 0.828. The molecule has 1 aromatic rings. The number of benzene rings is 1. The largest absolute Gasteiger partial charge is 0.494 e. The van der Waals surface area contributed by atoms with Crippen LogP contribution >= 0.6 is 0 Å². The van der Waals surface area contributed by atoms with Gasteiger partial charge in [0.1, 0.15) is 12.0 Å². The molecule has 16 heavy (non-hydrogen) atoms. The summed E-state index contributed by atoms with van der Waals surface area (Å²) in [5.41, 5.74) is 0.679. The van der Waals surface area contributed by atoms with Crippen LogP contribution in [0.1, 0.15) is 36.0 Å². The highest BCUT2D eigenvalue weighted by Crippen LogP contribution is 2.12. The number of aldehydes is 1. The van der Waals surface area contributed by atoms with Gasteiger partial charge in [0.2, 0.25) is 0 Å². The van der Waals surface area contributed by atoms with Crippen LogP contribution in [0.4, 0.5) is 0 Å². The van der Waals surface area contributed by atoms with Crippen LogP contribution in [0.25, 0.3) is 0 Å². The molecule has 0 aromatic heterocycles. The summed E-state index contributed by atoms with van der Waals surface area (Å²) in [4.78, 5) is 10.4. The maximum atomic E-state index is 10.4. The zero-order chi connectivity index (χ0) is 11.6. The SMILES string of the molecule is C=CCCCCCOc1ccc(C=O)cc1. The van der Waals surface area contributed by atoms with E-state index in [1.54, 1.807) is 12.1 Å². The highest BCUT2D eigenvalue weighted by Gasteiger charge is 1.94. The Hall–Kier alpha value is -1.57. The van der Waals surface area contributed by atoms with Crippen LogP contribution in [0.2, 0.25) is 0 Å². The van der Waals surface area contributed by atoms with Gasteiger partial charge in [0.05, 0.1) is 6.61 Å². The van der Waals surface area contributed by atoms with Crippen molar-refractivity contribution < 1.29 is 9.53 Å². The van der Waals surface area contributed by atoms with Gasteiger partial charge in [-0.2, -0.15) is 0 Å². The van der Waals surface area contributed by atoms with Gasteiger partial charge < -0.3 is 4.74 Å². The molecule has 0 aliphatic carbocycles. The lowest BCUT2D eigenvalue weighted by atomic mass is 10.2. The zero-order valence-corrected chi connectivity index (χ0v) is 9.52. The van der Waals surface area contributed by atoms with Crippen molar-refractivity contribution in [2.45, 2.75) is 25.7 Å². The minimum atomic E-state index is 0.679. The van der Waals surface area contributed by atoms with Gasteiger partial charge in [0.15, 0.2) is 0 Å². The predicted octanol–water partition coefficient (Wildman–Crippen LogP) is 3.62. The van der Waals surface area contributed by atoms with Crippen molar-refractivity contribution >= 4 is 6.29 Å². The standard InChI is InChI=1S/C14H18O2/c1-2-3-4-5-6-11-16-14-9-7-13(12-15)8-10-14/h2,7-10,12H,1,3-6,11H2. The molecule has 0 aliphatic rings. The van der Waals surface area contributed by atoms with E-state index in [4.69, 9.17) is 4.74 Å². The van der Waals surface area contributed by atoms with Crippen LogP contribution in [-0.4, -0.2) is 12.9 Å². The van der Waals surface area contributed by atoms with E-state index in [0.717, 1.165) is 31.5 Å². The molecule has 0 saturated carbocycles. The lowest BCUT2D eigenvalue weighted by Gasteiger charge is -2.05. The van der Waals surface area contributed by atoms with Gasteiger partial charge in [-0.1, -0.05) is 6.08 Å². The molecule has 1 aromatic carbocycles. The zero-order valence-electron chi connectivity index (χ0n) is 9.52. The summed E-state index contributed by atoms with van der Waals surface area (Å²) in [5, 5.41) is 0. The molecule has 0 amide bonds. The summed E-state index contributed by atoms with van der Waals surface area (Å²) in [6.45, 7) is 4.42.